The predicted octanol–water partition coefficient (Wildman–Crippen LogP) is 2.79. The molecule has 0 heterocycles. The van der Waals surface area contributed by atoms with E-state index in [1.54, 1.807) is 0 Å². The van der Waals surface area contributed by atoms with Crippen LogP contribution in [0.2, 0.25) is 0 Å². The third-order valence-electron chi connectivity index (χ3n) is 4.68. The minimum absolute atomic E-state index is 0.104. The van der Waals surface area contributed by atoms with Crippen molar-refractivity contribution in [3.63, 3.8) is 0 Å². The second-order valence-corrected chi connectivity index (χ2v) is 7.00. The molecule has 0 aliphatic rings. The number of nitro benzene ring substituents is 2. The Bertz CT molecular complexity index is 1000. The molecule has 168 valence electrons. The van der Waals surface area contributed by atoms with Gasteiger partial charge in [0.25, 0.3) is 23.2 Å². The van der Waals surface area contributed by atoms with Crippen molar-refractivity contribution in [1.82, 2.24) is 10.6 Å². The third kappa shape index (κ3) is 6.97. The summed E-state index contributed by atoms with van der Waals surface area (Å²) in [7, 11) is 0. The first-order valence-electron chi connectivity index (χ1n) is 9.77. The van der Waals surface area contributed by atoms with Gasteiger partial charge < -0.3 is 10.6 Å². The van der Waals surface area contributed by atoms with Crippen molar-refractivity contribution < 1.29 is 24.2 Å². The van der Waals surface area contributed by atoms with Gasteiger partial charge in [-0.3, -0.25) is 34.6 Å². The molecule has 2 amide bonds. The summed E-state index contributed by atoms with van der Waals surface area (Å²) < 4.78 is 0. The van der Waals surface area contributed by atoms with Crippen molar-refractivity contribution in [3.05, 3.63) is 79.9 Å². The average Bonchev–Trinajstić information content (AvgIpc) is 2.77. The van der Waals surface area contributed by atoms with Crippen LogP contribution >= 0.6 is 0 Å². The van der Waals surface area contributed by atoms with Gasteiger partial charge in [0.15, 0.2) is 5.78 Å². The molecule has 1 atom stereocenters. The van der Waals surface area contributed by atoms with Gasteiger partial charge in [-0.25, -0.2) is 0 Å². The Hall–Kier alpha value is -4.15. The van der Waals surface area contributed by atoms with E-state index in [-0.39, 0.29) is 28.6 Å². The van der Waals surface area contributed by atoms with Crippen molar-refractivity contribution >= 4 is 29.0 Å². The lowest BCUT2D eigenvalue weighted by atomic mass is 10.1. The van der Waals surface area contributed by atoms with Gasteiger partial charge in [-0.2, -0.15) is 0 Å². The molecule has 32 heavy (non-hydrogen) atoms. The minimum atomic E-state index is -0.719. The van der Waals surface area contributed by atoms with E-state index in [0.717, 1.165) is 0 Å². The minimum Gasteiger partial charge on any atom is -0.352 e. The van der Waals surface area contributed by atoms with Crippen LogP contribution in [0.5, 0.6) is 0 Å². The second kappa shape index (κ2) is 11.3. The number of carbonyl (C=O) groups excluding carboxylic acids is 3. The van der Waals surface area contributed by atoms with Gasteiger partial charge in [0.2, 0.25) is 0 Å². The molecule has 0 saturated heterocycles. The maximum Gasteiger partial charge on any atom is 0.269 e. The van der Waals surface area contributed by atoms with Crippen LogP contribution in [0.4, 0.5) is 11.4 Å². The zero-order valence-electron chi connectivity index (χ0n) is 17.3. The maximum absolute atomic E-state index is 12.3. The Labute approximate surface area is 183 Å². The van der Waals surface area contributed by atoms with Crippen LogP contribution in [0, 0.1) is 20.2 Å². The van der Waals surface area contributed by atoms with Crippen molar-refractivity contribution in [2.45, 2.75) is 32.2 Å². The number of nitrogens with one attached hydrogen (secondary N) is 2. The van der Waals surface area contributed by atoms with E-state index in [1.807, 2.05) is 0 Å². The number of unbranched alkanes of at least 4 members (excludes halogenated alkanes) is 1. The molecular weight excluding hydrogens is 420 g/mol. The number of non-ortho nitro benzene ring substituents is 2. The predicted molar refractivity (Wildman–Crippen MR) is 114 cm³/mol. The SMILES string of the molecule is CC(=O)C(CCCCNC(=O)c1ccc([N+](=O)[O-])cc1)NC(=O)c1ccc([N+](=O)[O-])cc1. The zero-order chi connectivity index (χ0) is 23.7. The van der Waals surface area contributed by atoms with Gasteiger partial charge in [-0.1, -0.05) is 0 Å². The highest BCUT2D eigenvalue weighted by molar-refractivity contribution is 5.97. The molecule has 11 nitrogen and oxygen atoms in total. The highest BCUT2D eigenvalue weighted by Crippen LogP contribution is 2.13. The van der Waals surface area contributed by atoms with Gasteiger partial charge in [-0.05, 0) is 50.5 Å². The maximum atomic E-state index is 12.3. The average molecular weight is 442 g/mol. The molecule has 2 aromatic rings. The van der Waals surface area contributed by atoms with Gasteiger partial charge in [0, 0.05) is 41.9 Å². The lowest BCUT2D eigenvalue weighted by Gasteiger charge is -2.16. The first kappa shape index (κ1) is 24.1. The monoisotopic (exact) mass is 442 g/mol. The molecule has 0 aromatic heterocycles. The van der Waals surface area contributed by atoms with E-state index in [9.17, 15) is 34.6 Å². The Morgan fingerprint density at radius 1 is 0.812 bits per heavy atom. The highest BCUT2D eigenvalue weighted by Gasteiger charge is 2.18. The molecule has 2 aromatic carbocycles. The summed E-state index contributed by atoms with van der Waals surface area (Å²) in [6, 6.07) is 9.58. The summed E-state index contributed by atoms with van der Waals surface area (Å²) in [5.41, 5.74) is 0.262. The summed E-state index contributed by atoms with van der Waals surface area (Å²) in [5, 5.41) is 26.7. The molecule has 0 radical (unpaired) electrons. The largest absolute Gasteiger partial charge is 0.352 e. The molecule has 0 bridgehead atoms. The molecule has 11 heteroatoms. The number of carbonyl (C=O) groups is 3. The van der Waals surface area contributed by atoms with Crippen LogP contribution in [0.25, 0.3) is 0 Å². The molecule has 0 spiro atoms. The van der Waals surface area contributed by atoms with E-state index in [4.69, 9.17) is 0 Å². The molecule has 0 aliphatic heterocycles. The summed E-state index contributed by atoms with van der Waals surface area (Å²) in [6.45, 7) is 1.69. The number of Topliss-reactive ketones (excluding diaryl/α,β-unsaturated/α-hetero) is 1. The fourth-order valence-electron chi connectivity index (χ4n) is 2.87. The Morgan fingerprint density at radius 3 is 1.72 bits per heavy atom. The Balaban J connectivity index is 1.78. The number of rotatable bonds is 11. The lowest BCUT2D eigenvalue weighted by Crippen LogP contribution is -2.39. The highest BCUT2D eigenvalue weighted by atomic mass is 16.6. The van der Waals surface area contributed by atoms with E-state index in [0.29, 0.717) is 31.4 Å². The van der Waals surface area contributed by atoms with Crippen LogP contribution < -0.4 is 10.6 Å². The quantitative estimate of drug-likeness (QED) is 0.307. The van der Waals surface area contributed by atoms with Crippen LogP contribution in [0.3, 0.4) is 0 Å². The van der Waals surface area contributed by atoms with Crippen molar-refractivity contribution in [1.29, 1.82) is 0 Å². The molecule has 0 saturated carbocycles. The van der Waals surface area contributed by atoms with Crippen molar-refractivity contribution in [2.24, 2.45) is 0 Å². The zero-order valence-corrected chi connectivity index (χ0v) is 17.3. The smallest absolute Gasteiger partial charge is 0.269 e. The normalized spacial score (nSPS) is 11.3. The number of ketones is 1. The van der Waals surface area contributed by atoms with E-state index >= 15 is 0 Å². The van der Waals surface area contributed by atoms with E-state index in [2.05, 4.69) is 10.6 Å². The molecule has 0 aliphatic carbocycles. The van der Waals surface area contributed by atoms with Crippen LogP contribution in [0.1, 0.15) is 46.9 Å². The molecule has 2 N–H and O–H groups in total. The third-order valence-corrected chi connectivity index (χ3v) is 4.68. The number of amides is 2. The molecule has 2 rings (SSSR count). The molecule has 0 fully saturated rings. The fourth-order valence-corrected chi connectivity index (χ4v) is 2.87. The number of hydrogen-bond donors (Lipinski definition) is 2. The lowest BCUT2D eigenvalue weighted by molar-refractivity contribution is -0.385. The molecule has 1 unspecified atom stereocenters. The first-order chi connectivity index (χ1) is 15.2. The van der Waals surface area contributed by atoms with Crippen LogP contribution in [-0.4, -0.2) is 40.0 Å². The standard InChI is InChI=1S/C21H22N4O7/c1-14(26)19(23-21(28)16-7-11-18(12-8-16)25(31)32)4-2-3-13-22-20(27)15-5-9-17(10-6-15)24(29)30/h5-12,19H,2-4,13H2,1H3,(H,22,27)(H,23,28). The topological polar surface area (TPSA) is 162 Å². The van der Waals surface area contributed by atoms with Crippen molar-refractivity contribution in [2.75, 3.05) is 6.54 Å². The summed E-state index contributed by atoms with van der Waals surface area (Å²) in [5.74, 6) is -1.10. The van der Waals surface area contributed by atoms with E-state index in [1.165, 1.54) is 55.5 Å². The van der Waals surface area contributed by atoms with Crippen molar-refractivity contribution in [3.8, 4) is 0 Å². The number of nitro groups is 2. The summed E-state index contributed by atoms with van der Waals surface area (Å²) in [4.78, 5) is 56.5. The summed E-state index contributed by atoms with van der Waals surface area (Å²) in [6.07, 6.45) is 1.46. The van der Waals surface area contributed by atoms with Crippen LogP contribution in [-0.2, 0) is 4.79 Å². The Morgan fingerprint density at radius 2 is 1.28 bits per heavy atom. The van der Waals surface area contributed by atoms with Gasteiger partial charge >= 0.3 is 0 Å². The Kier molecular flexibility index (Phi) is 8.52. The number of benzene rings is 2. The molecular formula is C21H22N4O7. The summed E-state index contributed by atoms with van der Waals surface area (Å²) >= 11 is 0. The van der Waals surface area contributed by atoms with Crippen LogP contribution in [0.15, 0.2) is 48.5 Å². The van der Waals surface area contributed by atoms with E-state index < -0.39 is 21.8 Å². The van der Waals surface area contributed by atoms with Gasteiger partial charge in [0.05, 0.1) is 15.9 Å². The first-order valence-corrected chi connectivity index (χ1v) is 9.77. The second-order valence-electron chi connectivity index (χ2n) is 7.00. The number of nitrogens with zero attached hydrogens (tertiary/aromatic N) is 2. The number of hydrogen-bond acceptors (Lipinski definition) is 7. The fraction of sp³-hybridized carbons (Fsp3) is 0.286. The van der Waals surface area contributed by atoms with Gasteiger partial charge in [0.1, 0.15) is 0 Å². The van der Waals surface area contributed by atoms with Gasteiger partial charge in [-0.15, -0.1) is 0 Å².